The molecule has 0 heterocycles. The molecule has 0 aliphatic heterocycles. The molecule has 0 atom stereocenters. The molecule has 0 saturated heterocycles. The molecule has 0 bridgehead atoms. The summed E-state index contributed by atoms with van der Waals surface area (Å²) in [6.45, 7) is 0. The van der Waals surface area contributed by atoms with E-state index in [1.807, 2.05) is 0 Å². The van der Waals surface area contributed by atoms with Crippen molar-refractivity contribution >= 4 is 5.69 Å². The van der Waals surface area contributed by atoms with Gasteiger partial charge in [-0.2, -0.15) is 0 Å². The van der Waals surface area contributed by atoms with Gasteiger partial charge in [-0.15, -0.1) is 0 Å². The first kappa shape index (κ1) is 9.08. The van der Waals surface area contributed by atoms with Crippen molar-refractivity contribution in [1.29, 1.82) is 0 Å². The number of aliphatic hydroxyl groups is 1. The number of hydrogen-bond donors (Lipinski definition) is 1. The number of hydrogen-bond acceptors (Lipinski definition) is 3. The molecule has 1 aliphatic rings. The first-order chi connectivity index (χ1) is 6.54. The molecule has 14 heavy (non-hydrogen) atoms. The van der Waals surface area contributed by atoms with E-state index in [1.165, 1.54) is 12.1 Å². The van der Waals surface area contributed by atoms with Crippen molar-refractivity contribution in [2.75, 3.05) is 0 Å². The molecule has 5 heteroatoms. The third-order valence-corrected chi connectivity index (χ3v) is 2.38. The van der Waals surface area contributed by atoms with Gasteiger partial charge in [0, 0.05) is 6.07 Å². The summed E-state index contributed by atoms with van der Waals surface area (Å²) in [7, 11) is 0. The molecule has 0 aromatic heterocycles. The molecule has 0 amide bonds. The van der Waals surface area contributed by atoms with Gasteiger partial charge < -0.3 is 5.11 Å². The van der Waals surface area contributed by atoms with Crippen molar-refractivity contribution in [2.45, 2.75) is 18.4 Å². The van der Waals surface area contributed by atoms with Gasteiger partial charge in [0.15, 0.2) is 0 Å². The average Bonchev–Trinajstić information content (AvgIpc) is 2.84. The second-order valence-electron chi connectivity index (χ2n) is 3.42. The number of rotatable bonds is 2. The van der Waals surface area contributed by atoms with E-state index >= 15 is 0 Å². The van der Waals surface area contributed by atoms with Crippen LogP contribution in [-0.4, -0.2) is 10.0 Å². The van der Waals surface area contributed by atoms with E-state index in [0.29, 0.717) is 12.8 Å². The highest BCUT2D eigenvalue weighted by molar-refractivity contribution is 5.47. The van der Waals surface area contributed by atoms with Crippen molar-refractivity contribution < 1.29 is 14.4 Å². The molecule has 1 aromatic carbocycles. The minimum Gasteiger partial charge on any atom is -0.385 e. The maximum atomic E-state index is 13.3. The lowest BCUT2D eigenvalue weighted by Gasteiger charge is -2.09. The summed E-state index contributed by atoms with van der Waals surface area (Å²) in [4.78, 5) is 9.90. The Balaban J connectivity index is 2.60. The van der Waals surface area contributed by atoms with Gasteiger partial charge in [0.2, 0.25) is 0 Å². The number of nitro groups is 1. The number of benzene rings is 1. The maximum Gasteiger partial charge on any atom is 0.278 e. The van der Waals surface area contributed by atoms with Crippen LogP contribution in [0.15, 0.2) is 18.2 Å². The zero-order valence-electron chi connectivity index (χ0n) is 7.24. The minimum absolute atomic E-state index is 0.176. The van der Waals surface area contributed by atoms with E-state index in [2.05, 4.69) is 0 Å². The van der Waals surface area contributed by atoms with Gasteiger partial charge in [0.05, 0.1) is 16.1 Å². The predicted molar refractivity (Wildman–Crippen MR) is 46.2 cm³/mol. The zero-order valence-corrected chi connectivity index (χ0v) is 7.24. The molecule has 0 unspecified atom stereocenters. The highest BCUT2D eigenvalue weighted by Crippen LogP contribution is 2.49. The maximum absolute atomic E-state index is 13.3. The monoisotopic (exact) mass is 197 g/mol. The first-order valence-electron chi connectivity index (χ1n) is 4.20. The number of halogens is 1. The fourth-order valence-corrected chi connectivity index (χ4v) is 1.49. The lowest BCUT2D eigenvalue weighted by Crippen LogP contribution is -2.10. The fraction of sp³-hybridized carbons (Fsp3) is 0.333. The highest BCUT2D eigenvalue weighted by atomic mass is 19.1. The summed E-state index contributed by atoms with van der Waals surface area (Å²) in [5, 5.41) is 20.2. The quantitative estimate of drug-likeness (QED) is 0.579. The predicted octanol–water partition coefficient (Wildman–Crippen LogP) is 1.72. The van der Waals surface area contributed by atoms with E-state index in [1.54, 1.807) is 0 Å². The van der Waals surface area contributed by atoms with Crippen LogP contribution in [0, 0.1) is 15.9 Å². The lowest BCUT2D eigenvalue weighted by atomic mass is 10.0. The molecule has 74 valence electrons. The van der Waals surface area contributed by atoms with Gasteiger partial charge >= 0.3 is 0 Å². The summed E-state index contributed by atoms with van der Waals surface area (Å²) >= 11 is 0. The summed E-state index contributed by atoms with van der Waals surface area (Å²) in [5.41, 5.74) is -1.83. The number of nitro benzene ring substituents is 1. The standard InChI is InChI=1S/C9H8FNO3/c10-6-2-1-3-7(11(13)14)8(6)9(12)4-5-9/h1-3,12H,4-5H2. The summed E-state index contributed by atoms with van der Waals surface area (Å²) in [6.07, 6.45) is 0.767. The van der Waals surface area contributed by atoms with Crippen LogP contribution in [0.4, 0.5) is 10.1 Å². The zero-order chi connectivity index (χ0) is 10.3. The Kier molecular flexibility index (Phi) is 1.78. The normalized spacial score (nSPS) is 17.9. The van der Waals surface area contributed by atoms with Crippen LogP contribution >= 0.6 is 0 Å². The fourth-order valence-electron chi connectivity index (χ4n) is 1.49. The van der Waals surface area contributed by atoms with Crippen LogP contribution < -0.4 is 0 Å². The Morgan fingerprint density at radius 1 is 1.50 bits per heavy atom. The third kappa shape index (κ3) is 1.26. The Labute approximate surface area is 79.1 Å². The molecule has 1 aromatic rings. The van der Waals surface area contributed by atoms with E-state index in [-0.39, 0.29) is 11.3 Å². The van der Waals surface area contributed by atoms with E-state index in [0.717, 1.165) is 6.07 Å². The van der Waals surface area contributed by atoms with Crippen LogP contribution in [-0.2, 0) is 5.60 Å². The Morgan fingerprint density at radius 2 is 2.14 bits per heavy atom. The smallest absolute Gasteiger partial charge is 0.278 e. The van der Waals surface area contributed by atoms with Crippen molar-refractivity contribution in [3.05, 3.63) is 39.7 Å². The molecule has 4 nitrogen and oxygen atoms in total. The Bertz CT molecular complexity index is 401. The molecule has 0 radical (unpaired) electrons. The van der Waals surface area contributed by atoms with E-state index in [9.17, 15) is 19.6 Å². The van der Waals surface area contributed by atoms with Crippen LogP contribution in [0.3, 0.4) is 0 Å². The Hall–Kier alpha value is -1.49. The Morgan fingerprint density at radius 3 is 2.64 bits per heavy atom. The minimum atomic E-state index is -1.31. The molecule has 1 fully saturated rings. The van der Waals surface area contributed by atoms with Gasteiger partial charge in [-0.1, -0.05) is 6.07 Å². The first-order valence-corrected chi connectivity index (χ1v) is 4.20. The van der Waals surface area contributed by atoms with Crippen molar-refractivity contribution in [1.82, 2.24) is 0 Å². The molecule has 2 rings (SSSR count). The van der Waals surface area contributed by atoms with Crippen LogP contribution in [0.1, 0.15) is 18.4 Å². The van der Waals surface area contributed by atoms with Crippen LogP contribution in [0.2, 0.25) is 0 Å². The largest absolute Gasteiger partial charge is 0.385 e. The molecule has 1 saturated carbocycles. The van der Waals surface area contributed by atoms with Crippen molar-refractivity contribution in [3.8, 4) is 0 Å². The second kappa shape index (κ2) is 2.75. The summed E-state index contributed by atoms with van der Waals surface area (Å²) in [5.74, 6) is -0.709. The van der Waals surface area contributed by atoms with Crippen molar-refractivity contribution in [3.63, 3.8) is 0 Å². The average molecular weight is 197 g/mol. The van der Waals surface area contributed by atoms with E-state index in [4.69, 9.17) is 0 Å². The number of nitrogens with zero attached hydrogens (tertiary/aromatic N) is 1. The van der Waals surface area contributed by atoms with Gasteiger partial charge in [0.25, 0.3) is 5.69 Å². The molecular formula is C9H8FNO3. The van der Waals surface area contributed by atoms with Gasteiger partial charge in [0.1, 0.15) is 5.82 Å². The molecule has 0 spiro atoms. The summed E-state index contributed by atoms with van der Waals surface area (Å²) < 4.78 is 13.3. The highest BCUT2D eigenvalue weighted by Gasteiger charge is 2.48. The molecule has 1 aliphatic carbocycles. The second-order valence-corrected chi connectivity index (χ2v) is 3.42. The molecule has 1 N–H and O–H groups in total. The molecular weight excluding hydrogens is 189 g/mol. The van der Waals surface area contributed by atoms with Crippen molar-refractivity contribution in [2.24, 2.45) is 0 Å². The van der Waals surface area contributed by atoms with Gasteiger partial charge in [-0.25, -0.2) is 4.39 Å². The van der Waals surface area contributed by atoms with Gasteiger partial charge in [-0.05, 0) is 18.9 Å². The SMILES string of the molecule is O=[N+]([O-])c1cccc(F)c1C1(O)CC1. The topological polar surface area (TPSA) is 63.4 Å². The van der Waals surface area contributed by atoms with Crippen LogP contribution in [0.25, 0.3) is 0 Å². The third-order valence-electron chi connectivity index (χ3n) is 2.38. The van der Waals surface area contributed by atoms with Crippen LogP contribution in [0.5, 0.6) is 0 Å². The van der Waals surface area contributed by atoms with E-state index < -0.39 is 16.3 Å². The summed E-state index contributed by atoms with van der Waals surface area (Å²) in [6, 6.07) is 3.59. The lowest BCUT2D eigenvalue weighted by molar-refractivity contribution is -0.386. The van der Waals surface area contributed by atoms with Gasteiger partial charge in [-0.3, -0.25) is 10.1 Å².